The van der Waals surface area contributed by atoms with Gasteiger partial charge in [-0.2, -0.15) is 5.10 Å². The number of rotatable bonds is 7. The van der Waals surface area contributed by atoms with Crippen LogP contribution in [0.25, 0.3) is 5.69 Å². The fraction of sp³-hybridized carbons (Fsp3) is 0.414. The number of halogens is 1. The lowest BCUT2D eigenvalue weighted by atomic mass is 9.87. The summed E-state index contributed by atoms with van der Waals surface area (Å²) in [6.07, 6.45) is 0. The van der Waals surface area contributed by atoms with Gasteiger partial charge in [0.1, 0.15) is 12.4 Å². The number of anilines is 1. The van der Waals surface area contributed by atoms with E-state index in [2.05, 4.69) is 26.1 Å². The summed E-state index contributed by atoms with van der Waals surface area (Å²) >= 11 is 8.20. The van der Waals surface area contributed by atoms with Crippen molar-refractivity contribution in [3.63, 3.8) is 0 Å². The Bertz CT molecular complexity index is 1430. The molecule has 1 atom stereocenters. The fourth-order valence-electron chi connectivity index (χ4n) is 4.82. The van der Waals surface area contributed by atoms with Crippen LogP contribution in [0.2, 0.25) is 5.02 Å². The number of hydrogen-bond donors (Lipinski definition) is 1. The zero-order chi connectivity index (χ0) is 28.6. The smallest absolute Gasteiger partial charge is 0.240 e. The van der Waals surface area contributed by atoms with Gasteiger partial charge >= 0.3 is 0 Å². The van der Waals surface area contributed by atoms with Crippen LogP contribution >= 0.6 is 23.4 Å². The summed E-state index contributed by atoms with van der Waals surface area (Å²) in [7, 11) is 3.89. The summed E-state index contributed by atoms with van der Waals surface area (Å²) < 4.78 is 13.0. The highest BCUT2D eigenvalue weighted by molar-refractivity contribution is 8.00. The van der Waals surface area contributed by atoms with E-state index >= 15 is 0 Å². The normalized spacial score (nSPS) is 16.7. The molecule has 1 N–H and O–H groups in total. The zero-order valence-electron chi connectivity index (χ0n) is 23.4. The van der Waals surface area contributed by atoms with E-state index in [9.17, 15) is 9.59 Å². The molecule has 0 radical (unpaired) electrons. The van der Waals surface area contributed by atoms with E-state index < -0.39 is 0 Å². The van der Waals surface area contributed by atoms with Crippen LogP contribution in [0.15, 0.2) is 42.5 Å². The van der Waals surface area contributed by atoms with Crippen LogP contribution in [0, 0.1) is 0 Å². The van der Waals surface area contributed by atoms with E-state index in [0.29, 0.717) is 41.1 Å². The number of likely N-dealkylation sites (N-methyl/N-ethyl adjacent to an activating group) is 1. The molecule has 40 heavy (non-hydrogen) atoms. The predicted molar refractivity (Wildman–Crippen MR) is 158 cm³/mol. The van der Waals surface area contributed by atoms with E-state index in [4.69, 9.17) is 26.2 Å². The molecule has 0 spiro atoms. The second-order valence-electron chi connectivity index (χ2n) is 11.1. The number of aromatic nitrogens is 2. The molecule has 2 amide bonds. The molecule has 2 aliphatic heterocycles. The average Bonchev–Trinajstić information content (AvgIpc) is 3.49. The first-order chi connectivity index (χ1) is 19.0. The van der Waals surface area contributed by atoms with E-state index in [1.807, 2.05) is 55.4 Å². The van der Waals surface area contributed by atoms with Gasteiger partial charge in [-0.05, 0) is 43.9 Å². The fourth-order valence-corrected chi connectivity index (χ4v) is 6.23. The lowest BCUT2D eigenvalue weighted by Gasteiger charge is -2.25. The van der Waals surface area contributed by atoms with Crippen molar-refractivity contribution in [1.29, 1.82) is 0 Å². The Labute approximate surface area is 243 Å². The summed E-state index contributed by atoms with van der Waals surface area (Å²) in [4.78, 5) is 30.5. The lowest BCUT2D eigenvalue weighted by molar-refractivity contribution is -0.122. The number of hydrogen-bond acceptors (Lipinski definition) is 7. The van der Waals surface area contributed by atoms with E-state index in [1.54, 1.807) is 15.6 Å². The molecule has 3 heterocycles. The van der Waals surface area contributed by atoms with Crippen molar-refractivity contribution in [3.8, 4) is 17.2 Å². The zero-order valence-corrected chi connectivity index (χ0v) is 24.9. The number of fused-ring (bicyclic) bond motifs is 2. The molecule has 3 aromatic rings. The van der Waals surface area contributed by atoms with Crippen LogP contribution in [-0.4, -0.2) is 72.8 Å². The van der Waals surface area contributed by atoms with Gasteiger partial charge in [-0.15, -0.1) is 11.8 Å². The van der Waals surface area contributed by atoms with Gasteiger partial charge in [-0.25, -0.2) is 4.68 Å². The van der Waals surface area contributed by atoms with Gasteiger partial charge in [0.05, 0.1) is 27.4 Å². The van der Waals surface area contributed by atoms with Crippen LogP contribution in [0.4, 0.5) is 5.82 Å². The van der Waals surface area contributed by atoms with Crippen molar-refractivity contribution >= 4 is 41.0 Å². The number of para-hydroxylation sites is 1. The number of thioether (sulfide) groups is 1. The maximum Gasteiger partial charge on any atom is 0.240 e. The average molecular weight is 584 g/mol. The minimum Gasteiger partial charge on any atom is -0.454 e. The van der Waals surface area contributed by atoms with Crippen LogP contribution in [-0.2, 0) is 15.0 Å². The summed E-state index contributed by atoms with van der Waals surface area (Å²) in [5.74, 6) is 1.69. The number of carbonyl (C=O) groups excluding carboxylic acids is 2. The SMILES string of the molecule is CN(C)CCNC(=O)CN1C(=O)CSC(c2ccc3c(c2)OCO3)c2c(C(C)(C)C)nn(-c3ccccc3Cl)c21. The Morgan fingerprint density at radius 3 is 2.65 bits per heavy atom. The highest BCUT2D eigenvalue weighted by Crippen LogP contribution is 2.50. The molecular formula is C29H34ClN5O4S. The second kappa shape index (κ2) is 11.3. The number of benzene rings is 2. The summed E-state index contributed by atoms with van der Waals surface area (Å²) in [5, 5.41) is 8.28. The van der Waals surface area contributed by atoms with Crippen LogP contribution in [0.1, 0.15) is 42.8 Å². The van der Waals surface area contributed by atoms with E-state index in [0.717, 1.165) is 16.8 Å². The summed E-state index contributed by atoms with van der Waals surface area (Å²) in [6.45, 7) is 7.50. The molecule has 0 fully saturated rings. The van der Waals surface area contributed by atoms with E-state index in [1.165, 1.54) is 11.8 Å². The van der Waals surface area contributed by atoms with Crippen LogP contribution in [0.3, 0.4) is 0 Å². The first-order valence-electron chi connectivity index (χ1n) is 13.2. The molecule has 1 aromatic heterocycles. The Hall–Kier alpha value is -3.21. The van der Waals surface area contributed by atoms with Crippen LogP contribution in [0.5, 0.6) is 11.5 Å². The molecule has 212 valence electrons. The van der Waals surface area contributed by atoms with Crippen molar-refractivity contribution in [2.24, 2.45) is 0 Å². The first kappa shape index (κ1) is 28.3. The number of amides is 2. The minimum atomic E-state index is -0.376. The molecule has 1 unspecified atom stereocenters. The van der Waals surface area contributed by atoms with Gasteiger partial charge in [0, 0.05) is 24.1 Å². The monoisotopic (exact) mass is 583 g/mol. The maximum atomic E-state index is 13.8. The molecule has 0 aliphatic carbocycles. The second-order valence-corrected chi connectivity index (χ2v) is 12.6. The Morgan fingerprint density at radius 2 is 1.93 bits per heavy atom. The third kappa shape index (κ3) is 5.66. The van der Waals surface area contributed by atoms with Gasteiger partial charge in [-0.1, -0.05) is 50.6 Å². The van der Waals surface area contributed by atoms with Crippen molar-refractivity contribution in [2.75, 3.05) is 51.2 Å². The number of nitrogens with one attached hydrogen (secondary N) is 1. The molecule has 11 heteroatoms. The van der Waals surface area contributed by atoms with Crippen LogP contribution < -0.4 is 19.7 Å². The molecule has 0 saturated heterocycles. The molecule has 9 nitrogen and oxygen atoms in total. The third-order valence-corrected chi connectivity index (χ3v) is 8.34. The third-order valence-electron chi connectivity index (χ3n) is 6.76. The van der Waals surface area contributed by atoms with Gasteiger partial charge in [0.15, 0.2) is 11.5 Å². The lowest BCUT2D eigenvalue weighted by Crippen LogP contribution is -2.43. The Balaban J connectivity index is 1.69. The molecule has 0 bridgehead atoms. The summed E-state index contributed by atoms with van der Waals surface area (Å²) in [6, 6.07) is 13.3. The van der Waals surface area contributed by atoms with Gasteiger partial charge in [0.2, 0.25) is 18.6 Å². The van der Waals surface area contributed by atoms with Crippen molar-refractivity contribution < 1.29 is 19.1 Å². The number of ether oxygens (including phenoxy) is 2. The Kier molecular flexibility index (Phi) is 8.03. The highest BCUT2D eigenvalue weighted by Gasteiger charge is 2.40. The highest BCUT2D eigenvalue weighted by atomic mass is 35.5. The number of carbonyl (C=O) groups is 2. The van der Waals surface area contributed by atoms with Gasteiger partial charge < -0.3 is 19.7 Å². The molecule has 5 rings (SSSR count). The van der Waals surface area contributed by atoms with Gasteiger partial charge in [-0.3, -0.25) is 14.5 Å². The predicted octanol–water partition coefficient (Wildman–Crippen LogP) is 4.40. The van der Waals surface area contributed by atoms with E-state index in [-0.39, 0.29) is 41.6 Å². The molecule has 2 aromatic carbocycles. The molecule has 0 saturated carbocycles. The van der Waals surface area contributed by atoms with Crippen molar-refractivity contribution in [2.45, 2.75) is 31.4 Å². The molecule has 2 aliphatic rings. The summed E-state index contributed by atoms with van der Waals surface area (Å²) in [5.41, 5.74) is 2.93. The quantitative estimate of drug-likeness (QED) is 0.441. The first-order valence-corrected chi connectivity index (χ1v) is 14.6. The van der Waals surface area contributed by atoms with Crippen molar-refractivity contribution in [1.82, 2.24) is 20.0 Å². The number of nitrogens with zero attached hydrogens (tertiary/aromatic N) is 4. The largest absolute Gasteiger partial charge is 0.454 e. The minimum absolute atomic E-state index is 0.132. The van der Waals surface area contributed by atoms with Crippen molar-refractivity contribution in [3.05, 3.63) is 64.3 Å². The molecular weight excluding hydrogens is 550 g/mol. The maximum absolute atomic E-state index is 13.8. The standard InChI is InChI=1S/C29H34ClN5O4S/c1-29(2,3)27-25-26(18-10-11-21-22(14-18)39-17-38-21)40-16-24(37)34(15-23(36)31-12-13-33(4)5)28(25)35(32-27)20-9-7-6-8-19(20)30/h6-11,14,26H,12-13,15-17H2,1-5H3,(H,31,36). The Morgan fingerprint density at radius 1 is 1.18 bits per heavy atom. The van der Waals surface area contributed by atoms with Gasteiger partial charge in [0.25, 0.3) is 0 Å². The topological polar surface area (TPSA) is 88.9 Å².